The minimum Gasteiger partial charge on any atom is -0.379 e. The number of fused-ring (bicyclic) bond motifs is 3. The van der Waals surface area contributed by atoms with Gasteiger partial charge in [0, 0.05) is 37.4 Å². The molecular weight excluding hydrogens is 298 g/mol. The number of ether oxygens (including phenoxy) is 1. The van der Waals surface area contributed by atoms with Gasteiger partial charge >= 0.3 is 0 Å². The van der Waals surface area contributed by atoms with Crippen LogP contribution in [-0.4, -0.2) is 47.7 Å². The molecule has 0 unspecified atom stereocenters. The molecule has 3 saturated carbocycles. The molecule has 0 radical (unpaired) electrons. The molecule has 1 aromatic rings. The van der Waals surface area contributed by atoms with Gasteiger partial charge in [0.05, 0.1) is 18.2 Å². The average Bonchev–Trinajstić information content (AvgIpc) is 2.58. The van der Waals surface area contributed by atoms with Gasteiger partial charge in [-0.1, -0.05) is 11.6 Å². The number of halogens is 1. The van der Waals surface area contributed by atoms with E-state index in [0.717, 1.165) is 32.1 Å². The third-order valence-corrected chi connectivity index (χ3v) is 6.35. The summed E-state index contributed by atoms with van der Waals surface area (Å²) in [5.41, 5.74) is 0.753. The number of aromatic nitrogens is 2. The van der Waals surface area contributed by atoms with Gasteiger partial charge in [-0.2, -0.15) is 0 Å². The normalized spacial score (nSPS) is 35.7. The van der Waals surface area contributed by atoms with Crippen molar-refractivity contribution in [2.24, 2.45) is 5.41 Å². The summed E-state index contributed by atoms with van der Waals surface area (Å²) in [7, 11) is 0. The van der Waals surface area contributed by atoms with Crippen LogP contribution in [0.4, 0.5) is 0 Å². The summed E-state index contributed by atoms with van der Waals surface area (Å²) in [4.78, 5) is 11.7. The van der Waals surface area contributed by atoms with Gasteiger partial charge in [-0.05, 0) is 43.9 Å². The van der Waals surface area contributed by atoms with E-state index in [1.54, 1.807) is 12.4 Å². The molecule has 5 rings (SSSR count). The van der Waals surface area contributed by atoms with Crippen LogP contribution >= 0.6 is 11.6 Å². The largest absolute Gasteiger partial charge is 0.379 e. The van der Waals surface area contributed by atoms with Crippen molar-refractivity contribution in [3.8, 4) is 0 Å². The van der Waals surface area contributed by atoms with Crippen molar-refractivity contribution in [2.45, 2.75) is 43.9 Å². The van der Waals surface area contributed by atoms with Crippen molar-refractivity contribution in [3.05, 3.63) is 23.2 Å². The molecule has 1 saturated heterocycles. The predicted octanol–water partition coefficient (Wildman–Crippen LogP) is 3.05. The van der Waals surface area contributed by atoms with Crippen LogP contribution in [-0.2, 0) is 10.2 Å². The van der Waals surface area contributed by atoms with Gasteiger partial charge in [0.25, 0.3) is 0 Å². The van der Waals surface area contributed by atoms with Crippen LogP contribution in [0, 0.1) is 5.41 Å². The molecule has 0 atom stereocenters. The minimum atomic E-state index is 0.220. The molecule has 2 bridgehead atoms. The molecule has 0 N–H and O–H groups in total. The van der Waals surface area contributed by atoms with Crippen molar-refractivity contribution in [2.75, 3.05) is 32.8 Å². The van der Waals surface area contributed by atoms with E-state index in [1.165, 1.54) is 45.1 Å². The van der Waals surface area contributed by atoms with E-state index in [4.69, 9.17) is 16.3 Å². The second-order valence-electron chi connectivity index (χ2n) is 7.39. The average molecular weight is 322 g/mol. The molecule has 22 heavy (non-hydrogen) atoms. The monoisotopic (exact) mass is 321 g/mol. The Bertz CT molecular complexity index is 503. The number of hydrogen-bond acceptors (Lipinski definition) is 4. The lowest BCUT2D eigenvalue weighted by Crippen LogP contribution is -2.51. The van der Waals surface area contributed by atoms with Gasteiger partial charge < -0.3 is 4.74 Å². The summed E-state index contributed by atoms with van der Waals surface area (Å²) >= 11 is 5.94. The fourth-order valence-corrected chi connectivity index (χ4v) is 4.75. The zero-order valence-corrected chi connectivity index (χ0v) is 13.8. The van der Waals surface area contributed by atoms with Crippen LogP contribution in [0.1, 0.15) is 44.3 Å². The molecule has 5 heteroatoms. The summed E-state index contributed by atoms with van der Waals surface area (Å²) in [6.07, 6.45) is 11.2. The molecule has 0 amide bonds. The van der Waals surface area contributed by atoms with Crippen molar-refractivity contribution >= 4 is 11.6 Å². The van der Waals surface area contributed by atoms with E-state index in [-0.39, 0.29) is 5.41 Å². The van der Waals surface area contributed by atoms with Crippen LogP contribution < -0.4 is 0 Å². The lowest BCUT2D eigenvalue weighted by molar-refractivity contribution is -0.0282. The van der Waals surface area contributed by atoms with Gasteiger partial charge in [-0.3, -0.25) is 4.90 Å². The van der Waals surface area contributed by atoms with E-state index in [0.29, 0.717) is 10.4 Å². The molecule has 0 aromatic carbocycles. The predicted molar refractivity (Wildman–Crippen MR) is 86.1 cm³/mol. The number of nitrogens with zero attached hydrogens (tertiary/aromatic N) is 3. The maximum Gasteiger partial charge on any atom is 0.134 e. The first-order valence-electron chi connectivity index (χ1n) is 8.48. The topological polar surface area (TPSA) is 38.2 Å². The zero-order valence-electron chi connectivity index (χ0n) is 13.1. The zero-order chi connectivity index (χ0) is 15.0. The van der Waals surface area contributed by atoms with Crippen LogP contribution in [0.25, 0.3) is 0 Å². The molecule has 4 aliphatic rings. The summed E-state index contributed by atoms with van der Waals surface area (Å²) in [5, 5.41) is 0.633. The Morgan fingerprint density at radius 1 is 1.00 bits per heavy atom. The Labute approximate surface area is 137 Å². The molecule has 4 fully saturated rings. The second kappa shape index (κ2) is 5.73. The Hall–Kier alpha value is -0.710. The van der Waals surface area contributed by atoms with Crippen molar-refractivity contribution in [3.63, 3.8) is 0 Å². The Morgan fingerprint density at radius 2 is 1.59 bits per heavy atom. The number of rotatable bonds is 3. The summed E-state index contributed by atoms with van der Waals surface area (Å²) < 4.78 is 5.48. The lowest BCUT2D eigenvalue weighted by Gasteiger charge is -2.54. The quantitative estimate of drug-likeness (QED) is 0.857. The third kappa shape index (κ3) is 2.66. The summed E-state index contributed by atoms with van der Waals surface area (Å²) in [6, 6.07) is 0. The second-order valence-corrected chi connectivity index (χ2v) is 7.83. The molecule has 4 nitrogen and oxygen atoms in total. The van der Waals surface area contributed by atoms with E-state index in [1.807, 2.05) is 0 Å². The van der Waals surface area contributed by atoms with E-state index >= 15 is 0 Å². The van der Waals surface area contributed by atoms with Crippen LogP contribution in [0.5, 0.6) is 0 Å². The molecule has 1 aliphatic heterocycles. The first kappa shape index (κ1) is 14.9. The van der Waals surface area contributed by atoms with Gasteiger partial charge in [0.1, 0.15) is 5.82 Å². The number of hydrogen-bond donors (Lipinski definition) is 0. The van der Waals surface area contributed by atoms with Crippen molar-refractivity contribution < 1.29 is 4.74 Å². The summed E-state index contributed by atoms with van der Waals surface area (Å²) in [6.45, 7) is 5.27. The smallest absolute Gasteiger partial charge is 0.134 e. The van der Waals surface area contributed by atoms with Gasteiger partial charge in [0.15, 0.2) is 0 Å². The highest BCUT2D eigenvalue weighted by atomic mass is 35.5. The third-order valence-electron chi connectivity index (χ3n) is 6.16. The highest BCUT2D eigenvalue weighted by Gasteiger charge is 2.51. The first-order valence-corrected chi connectivity index (χ1v) is 8.86. The summed E-state index contributed by atoms with van der Waals surface area (Å²) in [5.74, 6) is 1.02. The molecule has 3 aliphatic carbocycles. The molecule has 0 spiro atoms. The Morgan fingerprint density at radius 3 is 2.18 bits per heavy atom. The van der Waals surface area contributed by atoms with Crippen molar-refractivity contribution in [1.29, 1.82) is 0 Å². The lowest BCUT2D eigenvalue weighted by atomic mass is 9.53. The van der Waals surface area contributed by atoms with Gasteiger partial charge in [-0.25, -0.2) is 9.97 Å². The van der Waals surface area contributed by atoms with E-state index in [9.17, 15) is 0 Å². The van der Waals surface area contributed by atoms with E-state index in [2.05, 4.69) is 14.9 Å². The maximum absolute atomic E-state index is 5.94. The van der Waals surface area contributed by atoms with Crippen LogP contribution in [0.15, 0.2) is 12.4 Å². The van der Waals surface area contributed by atoms with Gasteiger partial charge in [0.2, 0.25) is 0 Å². The van der Waals surface area contributed by atoms with Crippen LogP contribution in [0.3, 0.4) is 0 Å². The maximum atomic E-state index is 5.94. The first-order chi connectivity index (χ1) is 10.7. The Kier molecular flexibility index (Phi) is 3.87. The van der Waals surface area contributed by atoms with Crippen molar-refractivity contribution in [1.82, 2.24) is 14.9 Å². The minimum absolute atomic E-state index is 0.220. The molecular formula is C17H24ClN3O. The standard InChI is InChI=1S/C17H24ClN3O/c18-14-11-19-15(20-12-14)17-4-1-16(2-5-17,3-6-17)13-21-7-9-22-10-8-21/h11-12H,1-10,13H2. The highest BCUT2D eigenvalue weighted by Crippen LogP contribution is 2.57. The fourth-order valence-electron chi connectivity index (χ4n) is 4.66. The van der Waals surface area contributed by atoms with E-state index < -0.39 is 0 Å². The molecule has 1 aromatic heterocycles. The highest BCUT2D eigenvalue weighted by molar-refractivity contribution is 6.30. The Balaban J connectivity index is 1.45. The molecule has 120 valence electrons. The number of morpholine rings is 1. The molecule has 2 heterocycles. The van der Waals surface area contributed by atoms with Gasteiger partial charge in [-0.15, -0.1) is 0 Å². The fraction of sp³-hybridized carbons (Fsp3) is 0.765. The van der Waals surface area contributed by atoms with Crippen LogP contribution in [0.2, 0.25) is 5.02 Å². The SMILES string of the molecule is Clc1cnc(C23CCC(CN4CCOCC4)(CC2)CC3)nc1.